The summed E-state index contributed by atoms with van der Waals surface area (Å²) in [6.07, 6.45) is 1.79. The molecule has 1 unspecified atom stereocenters. The zero-order valence-electron chi connectivity index (χ0n) is 9.22. The van der Waals surface area contributed by atoms with Crippen LogP contribution in [0.1, 0.15) is 22.9 Å². The number of aryl methyl sites for hydroxylation is 1. The third kappa shape index (κ3) is 2.10. The monoisotopic (exact) mass is 213 g/mol. The molecule has 3 N–H and O–H groups in total. The molecular formula is C13H15N3. The first-order valence-electron chi connectivity index (χ1n) is 5.25. The fraction of sp³-hybridized carbons (Fsp3) is 0.154. The summed E-state index contributed by atoms with van der Waals surface area (Å²) >= 11 is 0. The van der Waals surface area contributed by atoms with Crippen LogP contribution in [0.3, 0.4) is 0 Å². The minimum Gasteiger partial charge on any atom is -0.271 e. The van der Waals surface area contributed by atoms with Crippen LogP contribution in [0.25, 0.3) is 0 Å². The molecule has 1 heterocycles. The van der Waals surface area contributed by atoms with E-state index >= 15 is 0 Å². The van der Waals surface area contributed by atoms with E-state index in [0.29, 0.717) is 0 Å². The average Bonchev–Trinajstić information content (AvgIpc) is 2.34. The zero-order chi connectivity index (χ0) is 11.4. The molecule has 0 amide bonds. The van der Waals surface area contributed by atoms with Crippen LogP contribution in [-0.2, 0) is 0 Å². The standard InChI is InChI=1S/C13H15N3/c1-10-6-5-9-15-12(10)13(16-14)11-7-3-2-4-8-11/h2-9,13,16H,14H2,1H3. The highest BCUT2D eigenvalue weighted by atomic mass is 15.2. The van der Waals surface area contributed by atoms with Crippen molar-refractivity contribution in [1.82, 2.24) is 10.4 Å². The molecule has 82 valence electrons. The highest BCUT2D eigenvalue weighted by Crippen LogP contribution is 2.21. The van der Waals surface area contributed by atoms with Crippen molar-refractivity contribution in [2.24, 2.45) is 5.84 Å². The number of pyridine rings is 1. The van der Waals surface area contributed by atoms with Gasteiger partial charge in [-0.05, 0) is 24.1 Å². The lowest BCUT2D eigenvalue weighted by Gasteiger charge is -2.17. The minimum absolute atomic E-state index is 0.0533. The van der Waals surface area contributed by atoms with Gasteiger partial charge in [0.2, 0.25) is 0 Å². The van der Waals surface area contributed by atoms with Crippen LogP contribution in [0.2, 0.25) is 0 Å². The highest BCUT2D eigenvalue weighted by molar-refractivity contribution is 5.31. The van der Waals surface area contributed by atoms with E-state index in [-0.39, 0.29) is 6.04 Å². The molecule has 16 heavy (non-hydrogen) atoms. The SMILES string of the molecule is Cc1cccnc1C(NN)c1ccccc1. The second kappa shape index (κ2) is 4.88. The van der Waals surface area contributed by atoms with E-state index < -0.39 is 0 Å². The van der Waals surface area contributed by atoms with Crippen molar-refractivity contribution in [2.75, 3.05) is 0 Å². The second-order valence-electron chi connectivity index (χ2n) is 3.72. The first kappa shape index (κ1) is 10.8. The van der Waals surface area contributed by atoms with Gasteiger partial charge < -0.3 is 0 Å². The van der Waals surface area contributed by atoms with Crippen LogP contribution in [0.4, 0.5) is 0 Å². The Morgan fingerprint density at radius 2 is 1.88 bits per heavy atom. The molecule has 2 aromatic rings. The van der Waals surface area contributed by atoms with E-state index in [4.69, 9.17) is 5.84 Å². The molecule has 0 aliphatic heterocycles. The first-order chi connectivity index (χ1) is 7.83. The molecule has 0 radical (unpaired) electrons. The largest absolute Gasteiger partial charge is 0.271 e. The Morgan fingerprint density at radius 3 is 2.50 bits per heavy atom. The fourth-order valence-corrected chi connectivity index (χ4v) is 1.78. The van der Waals surface area contributed by atoms with E-state index in [1.165, 1.54) is 0 Å². The maximum Gasteiger partial charge on any atom is 0.0884 e. The number of rotatable bonds is 3. The summed E-state index contributed by atoms with van der Waals surface area (Å²) in [5, 5.41) is 0. The summed E-state index contributed by atoms with van der Waals surface area (Å²) < 4.78 is 0. The molecule has 0 aliphatic carbocycles. The Kier molecular flexibility index (Phi) is 3.29. The quantitative estimate of drug-likeness (QED) is 0.605. The first-order valence-corrected chi connectivity index (χ1v) is 5.25. The molecular weight excluding hydrogens is 198 g/mol. The number of hydrazine groups is 1. The van der Waals surface area contributed by atoms with Gasteiger partial charge in [-0.3, -0.25) is 10.8 Å². The van der Waals surface area contributed by atoms with Crippen molar-refractivity contribution in [2.45, 2.75) is 13.0 Å². The third-order valence-electron chi connectivity index (χ3n) is 2.62. The number of aromatic nitrogens is 1. The second-order valence-corrected chi connectivity index (χ2v) is 3.72. The number of benzene rings is 1. The molecule has 1 atom stereocenters. The van der Waals surface area contributed by atoms with Gasteiger partial charge in [-0.15, -0.1) is 0 Å². The molecule has 1 aromatic heterocycles. The van der Waals surface area contributed by atoms with Crippen LogP contribution in [-0.4, -0.2) is 4.98 Å². The molecule has 0 fully saturated rings. The molecule has 1 aromatic carbocycles. The van der Waals surface area contributed by atoms with Crippen LogP contribution < -0.4 is 11.3 Å². The lowest BCUT2D eigenvalue weighted by atomic mass is 10.0. The van der Waals surface area contributed by atoms with E-state index in [9.17, 15) is 0 Å². The van der Waals surface area contributed by atoms with Crippen molar-refractivity contribution in [3.05, 3.63) is 65.5 Å². The third-order valence-corrected chi connectivity index (χ3v) is 2.62. The molecule has 0 saturated heterocycles. The summed E-state index contributed by atoms with van der Waals surface area (Å²) in [6, 6.07) is 14.0. The predicted octanol–water partition coefficient (Wildman–Crippen LogP) is 1.94. The molecule has 0 saturated carbocycles. The number of hydrogen-bond acceptors (Lipinski definition) is 3. The maximum atomic E-state index is 5.62. The van der Waals surface area contributed by atoms with Crippen LogP contribution in [0.15, 0.2) is 48.7 Å². The van der Waals surface area contributed by atoms with Gasteiger partial charge >= 0.3 is 0 Å². The lowest BCUT2D eigenvalue weighted by Crippen LogP contribution is -2.30. The summed E-state index contributed by atoms with van der Waals surface area (Å²) in [4.78, 5) is 4.38. The van der Waals surface area contributed by atoms with Gasteiger partial charge in [0.25, 0.3) is 0 Å². The molecule has 0 aliphatic rings. The van der Waals surface area contributed by atoms with Gasteiger partial charge in [0.1, 0.15) is 0 Å². The fourth-order valence-electron chi connectivity index (χ4n) is 1.78. The highest BCUT2D eigenvalue weighted by Gasteiger charge is 2.14. The number of nitrogens with zero attached hydrogens (tertiary/aromatic N) is 1. The van der Waals surface area contributed by atoms with Crippen molar-refractivity contribution in [3.63, 3.8) is 0 Å². The smallest absolute Gasteiger partial charge is 0.0884 e. The average molecular weight is 213 g/mol. The van der Waals surface area contributed by atoms with Gasteiger partial charge in [0, 0.05) is 6.20 Å². The molecule has 3 heteroatoms. The minimum atomic E-state index is -0.0533. The number of nitrogens with two attached hydrogens (primary N) is 1. The van der Waals surface area contributed by atoms with Crippen molar-refractivity contribution < 1.29 is 0 Å². The number of hydrogen-bond donors (Lipinski definition) is 2. The van der Waals surface area contributed by atoms with Crippen LogP contribution in [0.5, 0.6) is 0 Å². The molecule has 3 nitrogen and oxygen atoms in total. The van der Waals surface area contributed by atoms with E-state index in [2.05, 4.69) is 10.4 Å². The maximum absolute atomic E-state index is 5.62. The summed E-state index contributed by atoms with van der Waals surface area (Å²) in [7, 11) is 0. The Morgan fingerprint density at radius 1 is 1.12 bits per heavy atom. The molecule has 0 bridgehead atoms. The topological polar surface area (TPSA) is 50.9 Å². The van der Waals surface area contributed by atoms with Crippen molar-refractivity contribution in [1.29, 1.82) is 0 Å². The van der Waals surface area contributed by atoms with E-state index in [0.717, 1.165) is 16.8 Å². The van der Waals surface area contributed by atoms with Crippen molar-refractivity contribution in [3.8, 4) is 0 Å². The van der Waals surface area contributed by atoms with Crippen LogP contribution in [0, 0.1) is 6.92 Å². The number of nitrogens with one attached hydrogen (secondary N) is 1. The Labute approximate surface area is 95.3 Å². The van der Waals surface area contributed by atoms with Crippen molar-refractivity contribution >= 4 is 0 Å². The Hall–Kier alpha value is -1.71. The predicted molar refractivity (Wildman–Crippen MR) is 64.6 cm³/mol. The van der Waals surface area contributed by atoms with E-state index in [1.54, 1.807) is 6.20 Å². The van der Waals surface area contributed by atoms with Gasteiger partial charge in [-0.25, -0.2) is 5.43 Å². The Bertz CT molecular complexity index is 454. The van der Waals surface area contributed by atoms with E-state index in [1.807, 2.05) is 49.4 Å². The van der Waals surface area contributed by atoms with Gasteiger partial charge in [-0.2, -0.15) is 0 Å². The van der Waals surface area contributed by atoms with Gasteiger partial charge in [0.15, 0.2) is 0 Å². The molecule has 2 rings (SSSR count). The Balaban J connectivity index is 2.41. The van der Waals surface area contributed by atoms with Gasteiger partial charge in [0.05, 0.1) is 11.7 Å². The lowest BCUT2D eigenvalue weighted by molar-refractivity contribution is 0.617. The zero-order valence-corrected chi connectivity index (χ0v) is 9.22. The summed E-state index contributed by atoms with van der Waals surface area (Å²) in [5.41, 5.74) is 6.03. The van der Waals surface area contributed by atoms with Gasteiger partial charge in [-0.1, -0.05) is 36.4 Å². The molecule has 0 spiro atoms. The normalized spacial score (nSPS) is 12.4. The summed E-state index contributed by atoms with van der Waals surface area (Å²) in [5.74, 6) is 5.62. The van der Waals surface area contributed by atoms with Crippen LogP contribution >= 0.6 is 0 Å². The summed E-state index contributed by atoms with van der Waals surface area (Å²) in [6.45, 7) is 2.04.